The van der Waals surface area contributed by atoms with Crippen LogP contribution in [0.4, 0.5) is 5.69 Å². The predicted octanol–water partition coefficient (Wildman–Crippen LogP) is 3.54. The highest BCUT2D eigenvalue weighted by Gasteiger charge is 2.30. The second-order valence-electron chi connectivity index (χ2n) is 5.10. The van der Waals surface area contributed by atoms with Crippen molar-refractivity contribution in [1.29, 1.82) is 0 Å². The molecule has 0 radical (unpaired) electrons. The van der Waals surface area contributed by atoms with E-state index in [1.54, 1.807) is 50.4 Å². The number of pyridine rings is 1. The molecule has 22 heavy (non-hydrogen) atoms. The van der Waals surface area contributed by atoms with Crippen LogP contribution in [0, 0.1) is 0 Å². The molecule has 116 valence electrons. The molecule has 1 aromatic heterocycles. The van der Waals surface area contributed by atoms with Gasteiger partial charge in [-0.25, -0.2) is 0 Å². The van der Waals surface area contributed by atoms with Crippen LogP contribution in [-0.2, 0) is 4.79 Å². The lowest BCUT2D eigenvalue weighted by Gasteiger charge is -2.25. The Hall–Kier alpha value is -2.27. The molecule has 5 nitrogen and oxygen atoms in total. The molecule has 1 aromatic carbocycles. The van der Waals surface area contributed by atoms with Gasteiger partial charge in [-0.15, -0.1) is 0 Å². The topological polar surface area (TPSA) is 60.5 Å². The van der Waals surface area contributed by atoms with Gasteiger partial charge in [0.05, 0.1) is 13.3 Å². The van der Waals surface area contributed by atoms with E-state index in [1.807, 2.05) is 0 Å². The SMILES string of the molecule is COc1ccncc1NC(=O)C(C)(C)Oc1ccc(Cl)cc1. The van der Waals surface area contributed by atoms with Crippen LogP contribution in [0.5, 0.6) is 11.5 Å². The quantitative estimate of drug-likeness (QED) is 0.915. The Kier molecular flexibility index (Phi) is 4.88. The standard InChI is InChI=1S/C16H17ClN2O3/c1-16(2,22-12-6-4-11(17)5-7-12)15(20)19-13-10-18-9-8-14(13)21-3/h4-10H,1-3H3,(H,19,20). The number of rotatable bonds is 5. The Morgan fingerprint density at radius 3 is 2.55 bits per heavy atom. The summed E-state index contributed by atoms with van der Waals surface area (Å²) in [6, 6.07) is 8.50. The van der Waals surface area contributed by atoms with E-state index in [0.29, 0.717) is 22.2 Å². The summed E-state index contributed by atoms with van der Waals surface area (Å²) in [4.78, 5) is 16.4. The summed E-state index contributed by atoms with van der Waals surface area (Å²) in [5.74, 6) is 0.780. The lowest BCUT2D eigenvalue weighted by Crippen LogP contribution is -2.42. The van der Waals surface area contributed by atoms with Crippen molar-refractivity contribution in [3.05, 3.63) is 47.7 Å². The van der Waals surface area contributed by atoms with Gasteiger partial charge >= 0.3 is 0 Å². The highest BCUT2D eigenvalue weighted by atomic mass is 35.5. The van der Waals surface area contributed by atoms with Crippen LogP contribution in [0.1, 0.15) is 13.8 Å². The number of carbonyl (C=O) groups excluding carboxylic acids is 1. The summed E-state index contributed by atoms with van der Waals surface area (Å²) in [6.45, 7) is 3.36. The lowest BCUT2D eigenvalue weighted by atomic mass is 10.1. The Labute approximate surface area is 134 Å². The van der Waals surface area contributed by atoms with Crippen molar-refractivity contribution in [3.63, 3.8) is 0 Å². The number of aromatic nitrogens is 1. The molecule has 1 heterocycles. The van der Waals surface area contributed by atoms with Crippen LogP contribution < -0.4 is 14.8 Å². The molecule has 0 fully saturated rings. The van der Waals surface area contributed by atoms with Gasteiger partial charge in [0.1, 0.15) is 17.2 Å². The molecule has 0 spiro atoms. The summed E-state index contributed by atoms with van der Waals surface area (Å²) in [7, 11) is 1.53. The van der Waals surface area contributed by atoms with Crippen molar-refractivity contribution in [3.8, 4) is 11.5 Å². The summed E-state index contributed by atoms with van der Waals surface area (Å²) in [5.41, 5.74) is -0.586. The molecule has 0 aliphatic heterocycles. The minimum Gasteiger partial charge on any atom is -0.494 e. The number of methoxy groups -OCH3 is 1. The largest absolute Gasteiger partial charge is 0.494 e. The molecular weight excluding hydrogens is 304 g/mol. The third-order valence-corrected chi connectivity index (χ3v) is 3.23. The van der Waals surface area contributed by atoms with Crippen molar-refractivity contribution < 1.29 is 14.3 Å². The van der Waals surface area contributed by atoms with E-state index in [-0.39, 0.29) is 5.91 Å². The van der Waals surface area contributed by atoms with Gasteiger partial charge in [0, 0.05) is 17.3 Å². The van der Waals surface area contributed by atoms with Crippen LogP contribution in [0.25, 0.3) is 0 Å². The number of nitrogens with one attached hydrogen (secondary N) is 1. The van der Waals surface area contributed by atoms with Gasteiger partial charge in [0.15, 0.2) is 5.60 Å². The molecule has 0 unspecified atom stereocenters. The van der Waals surface area contributed by atoms with E-state index < -0.39 is 5.60 Å². The van der Waals surface area contributed by atoms with E-state index >= 15 is 0 Å². The Balaban J connectivity index is 2.11. The first-order valence-corrected chi connectivity index (χ1v) is 7.04. The zero-order valence-electron chi connectivity index (χ0n) is 12.6. The third kappa shape index (κ3) is 3.89. The molecule has 2 rings (SSSR count). The average Bonchev–Trinajstić information content (AvgIpc) is 2.50. The summed E-state index contributed by atoms with van der Waals surface area (Å²) in [5, 5.41) is 3.36. The van der Waals surface area contributed by atoms with E-state index in [9.17, 15) is 4.79 Å². The van der Waals surface area contributed by atoms with Crippen LogP contribution >= 0.6 is 11.6 Å². The Bertz CT molecular complexity index is 657. The number of nitrogens with zero attached hydrogens (tertiary/aromatic N) is 1. The smallest absolute Gasteiger partial charge is 0.268 e. The minimum absolute atomic E-state index is 0.311. The zero-order valence-corrected chi connectivity index (χ0v) is 13.3. The van der Waals surface area contributed by atoms with Crippen LogP contribution in [0.3, 0.4) is 0 Å². The minimum atomic E-state index is -1.07. The molecular formula is C16H17ClN2O3. The number of hydrogen-bond acceptors (Lipinski definition) is 4. The highest BCUT2D eigenvalue weighted by Crippen LogP contribution is 2.25. The molecule has 0 saturated carbocycles. The number of benzene rings is 1. The Morgan fingerprint density at radius 1 is 1.23 bits per heavy atom. The first-order valence-electron chi connectivity index (χ1n) is 6.66. The van der Waals surface area contributed by atoms with Crippen molar-refractivity contribution >= 4 is 23.2 Å². The van der Waals surface area contributed by atoms with Gasteiger partial charge in [-0.3, -0.25) is 9.78 Å². The molecule has 0 aliphatic rings. The van der Waals surface area contributed by atoms with E-state index in [1.165, 1.54) is 13.3 Å². The number of carbonyl (C=O) groups is 1. The van der Waals surface area contributed by atoms with E-state index in [2.05, 4.69) is 10.3 Å². The first kappa shape index (κ1) is 16.1. The van der Waals surface area contributed by atoms with Crippen molar-refractivity contribution in [2.24, 2.45) is 0 Å². The second kappa shape index (κ2) is 6.66. The molecule has 0 bridgehead atoms. The maximum absolute atomic E-state index is 12.4. The van der Waals surface area contributed by atoms with E-state index in [4.69, 9.17) is 21.1 Å². The monoisotopic (exact) mass is 320 g/mol. The Morgan fingerprint density at radius 2 is 1.91 bits per heavy atom. The number of anilines is 1. The van der Waals surface area contributed by atoms with Crippen LogP contribution in [0.15, 0.2) is 42.7 Å². The van der Waals surface area contributed by atoms with Crippen molar-refractivity contribution in [1.82, 2.24) is 4.98 Å². The third-order valence-electron chi connectivity index (χ3n) is 2.98. The van der Waals surface area contributed by atoms with Crippen LogP contribution in [-0.4, -0.2) is 23.6 Å². The van der Waals surface area contributed by atoms with Gasteiger partial charge in [-0.1, -0.05) is 11.6 Å². The maximum Gasteiger partial charge on any atom is 0.268 e. The molecule has 0 atom stereocenters. The predicted molar refractivity (Wildman–Crippen MR) is 85.6 cm³/mol. The normalized spacial score (nSPS) is 10.9. The van der Waals surface area contributed by atoms with Gasteiger partial charge in [-0.05, 0) is 38.1 Å². The molecule has 1 amide bonds. The number of hydrogen-bond donors (Lipinski definition) is 1. The van der Waals surface area contributed by atoms with Gasteiger partial charge < -0.3 is 14.8 Å². The highest BCUT2D eigenvalue weighted by molar-refractivity contribution is 6.30. The van der Waals surface area contributed by atoms with Crippen LogP contribution in [0.2, 0.25) is 5.02 Å². The fourth-order valence-electron chi connectivity index (χ4n) is 1.77. The first-order chi connectivity index (χ1) is 10.4. The van der Waals surface area contributed by atoms with Crippen molar-refractivity contribution in [2.45, 2.75) is 19.4 Å². The molecule has 0 aliphatic carbocycles. The van der Waals surface area contributed by atoms with Gasteiger partial charge in [0.25, 0.3) is 5.91 Å². The molecule has 1 N–H and O–H groups in total. The summed E-state index contributed by atoms with van der Waals surface area (Å²) in [6.07, 6.45) is 3.11. The number of halogens is 1. The molecule has 2 aromatic rings. The van der Waals surface area contributed by atoms with Gasteiger partial charge in [-0.2, -0.15) is 0 Å². The number of amides is 1. The fourth-order valence-corrected chi connectivity index (χ4v) is 1.90. The average molecular weight is 321 g/mol. The molecule has 6 heteroatoms. The maximum atomic E-state index is 12.4. The number of ether oxygens (including phenoxy) is 2. The fraction of sp³-hybridized carbons (Fsp3) is 0.250. The second-order valence-corrected chi connectivity index (χ2v) is 5.53. The summed E-state index contributed by atoms with van der Waals surface area (Å²) < 4.78 is 10.9. The lowest BCUT2D eigenvalue weighted by molar-refractivity contribution is -0.128. The van der Waals surface area contributed by atoms with Gasteiger partial charge in [0.2, 0.25) is 0 Å². The van der Waals surface area contributed by atoms with Crippen molar-refractivity contribution in [2.75, 3.05) is 12.4 Å². The molecule has 0 saturated heterocycles. The summed E-state index contributed by atoms with van der Waals surface area (Å²) >= 11 is 5.83. The zero-order chi connectivity index (χ0) is 16.2. The van der Waals surface area contributed by atoms with E-state index in [0.717, 1.165) is 0 Å².